The maximum Gasteiger partial charge on any atom is 0.254 e. The van der Waals surface area contributed by atoms with E-state index >= 15 is 0 Å². The number of anilines is 1. The fourth-order valence-corrected chi connectivity index (χ4v) is 4.17. The molecule has 0 bridgehead atoms. The molecular formula is C29H31ClN4O4. The normalized spacial score (nSPS) is 13.9. The van der Waals surface area contributed by atoms with E-state index in [1.54, 1.807) is 35.4 Å². The van der Waals surface area contributed by atoms with Crippen molar-refractivity contribution in [3.63, 3.8) is 0 Å². The summed E-state index contributed by atoms with van der Waals surface area (Å²) in [6.07, 6.45) is 4.70. The van der Waals surface area contributed by atoms with Gasteiger partial charge in [-0.25, -0.2) is 4.98 Å². The third kappa shape index (κ3) is 7.57. The van der Waals surface area contributed by atoms with E-state index in [9.17, 15) is 9.59 Å². The molecule has 0 radical (unpaired) electrons. The molecule has 1 saturated heterocycles. The van der Waals surface area contributed by atoms with Crippen molar-refractivity contribution in [3.8, 4) is 16.9 Å². The molecule has 0 spiro atoms. The van der Waals surface area contributed by atoms with E-state index in [1.165, 1.54) is 6.08 Å². The summed E-state index contributed by atoms with van der Waals surface area (Å²) in [6.45, 7) is 6.36. The lowest BCUT2D eigenvalue weighted by Crippen LogP contribution is -2.42. The summed E-state index contributed by atoms with van der Waals surface area (Å²) >= 11 is 6.40. The average Bonchev–Trinajstić information content (AvgIpc) is 2.91. The second kappa shape index (κ2) is 12.1. The molecule has 1 aliphatic rings. The summed E-state index contributed by atoms with van der Waals surface area (Å²) < 4.78 is 11.5. The highest BCUT2D eigenvalue weighted by Crippen LogP contribution is 2.31. The summed E-state index contributed by atoms with van der Waals surface area (Å²) in [4.78, 5) is 30.8. The third-order valence-electron chi connectivity index (χ3n) is 5.95. The molecule has 0 aliphatic carbocycles. The Hall–Kier alpha value is -3.88. The van der Waals surface area contributed by atoms with Crippen LogP contribution >= 0.6 is 11.6 Å². The Morgan fingerprint density at radius 1 is 1.11 bits per heavy atom. The Bertz CT molecular complexity index is 1300. The Balaban J connectivity index is 1.38. The number of benzene rings is 2. The Labute approximate surface area is 227 Å². The van der Waals surface area contributed by atoms with Crippen molar-refractivity contribution >= 4 is 35.3 Å². The Morgan fingerprint density at radius 3 is 2.53 bits per heavy atom. The van der Waals surface area contributed by atoms with Gasteiger partial charge in [-0.3, -0.25) is 9.59 Å². The van der Waals surface area contributed by atoms with Crippen LogP contribution < -0.4 is 15.8 Å². The van der Waals surface area contributed by atoms with E-state index in [0.29, 0.717) is 48.5 Å². The van der Waals surface area contributed by atoms with Gasteiger partial charge in [-0.05, 0) is 79.1 Å². The van der Waals surface area contributed by atoms with Crippen LogP contribution in [0.4, 0.5) is 5.82 Å². The number of nitrogens with two attached hydrogens (primary N) is 1. The molecule has 4 rings (SSSR count). The van der Waals surface area contributed by atoms with Gasteiger partial charge in [-0.2, -0.15) is 0 Å². The van der Waals surface area contributed by atoms with Crippen molar-refractivity contribution < 1.29 is 19.1 Å². The van der Waals surface area contributed by atoms with E-state index in [4.69, 9.17) is 26.8 Å². The van der Waals surface area contributed by atoms with E-state index in [-0.39, 0.29) is 18.4 Å². The summed E-state index contributed by atoms with van der Waals surface area (Å²) in [6, 6.07) is 16.4. The summed E-state index contributed by atoms with van der Waals surface area (Å²) in [7, 11) is 0. The van der Waals surface area contributed by atoms with Gasteiger partial charge in [0, 0.05) is 35.9 Å². The number of hydrogen-bond acceptors (Lipinski definition) is 6. The van der Waals surface area contributed by atoms with Crippen molar-refractivity contribution in [3.05, 3.63) is 83.0 Å². The highest BCUT2D eigenvalue weighted by atomic mass is 35.5. The highest BCUT2D eigenvalue weighted by molar-refractivity contribution is 6.31. The van der Waals surface area contributed by atoms with Crippen LogP contribution in [0.25, 0.3) is 17.2 Å². The molecule has 0 saturated carbocycles. The van der Waals surface area contributed by atoms with Crippen LogP contribution in [0, 0.1) is 0 Å². The van der Waals surface area contributed by atoms with Crippen molar-refractivity contribution in [2.45, 2.75) is 19.4 Å². The zero-order valence-corrected chi connectivity index (χ0v) is 22.2. The van der Waals surface area contributed by atoms with Crippen molar-refractivity contribution in [1.29, 1.82) is 0 Å². The minimum atomic E-state index is -0.706. The summed E-state index contributed by atoms with van der Waals surface area (Å²) in [5.41, 5.74) is 8.05. The SMILES string of the molecule is CC(C)(CNC(=O)/C=C/c1ccc(N)nc1)Oc1cc(Cl)cc(-c2ccc(C(=O)N3CCOCC3)cc2)c1. The van der Waals surface area contributed by atoms with E-state index < -0.39 is 5.60 Å². The number of ether oxygens (including phenoxy) is 2. The third-order valence-corrected chi connectivity index (χ3v) is 6.17. The minimum absolute atomic E-state index is 0.00117. The fraction of sp³-hybridized carbons (Fsp3) is 0.276. The molecule has 9 heteroatoms. The summed E-state index contributed by atoms with van der Waals surface area (Å²) in [5, 5.41) is 3.38. The number of halogens is 1. The number of nitrogens with zero attached hydrogens (tertiary/aromatic N) is 2. The number of aromatic nitrogens is 1. The second-order valence-electron chi connectivity index (χ2n) is 9.59. The summed E-state index contributed by atoms with van der Waals surface area (Å²) in [5.74, 6) is 0.741. The smallest absolute Gasteiger partial charge is 0.254 e. The van der Waals surface area contributed by atoms with Crippen molar-refractivity contribution in [2.75, 3.05) is 38.6 Å². The van der Waals surface area contributed by atoms with Crippen LogP contribution in [0.15, 0.2) is 66.9 Å². The van der Waals surface area contributed by atoms with Crippen molar-refractivity contribution in [2.24, 2.45) is 0 Å². The molecule has 3 aromatic rings. The van der Waals surface area contributed by atoms with Gasteiger partial charge in [0.15, 0.2) is 0 Å². The molecule has 198 valence electrons. The topological polar surface area (TPSA) is 107 Å². The van der Waals surface area contributed by atoms with Gasteiger partial charge >= 0.3 is 0 Å². The minimum Gasteiger partial charge on any atom is -0.486 e. The number of nitrogen functional groups attached to an aromatic ring is 1. The highest BCUT2D eigenvalue weighted by Gasteiger charge is 2.22. The van der Waals surface area contributed by atoms with Crippen LogP contribution in [0.3, 0.4) is 0 Å². The van der Waals surface area contributed by atoms with E-state index in [0.717, 1.165) is 16.7 Å². The lowest BCUT2D eigenvalue weighted by Gasteiger charge is -2.27. The molecular weight excluding hydrogens is 504 g/mol. The van der Waals surface area contributed by atoms with Gasteiger partial charge in [0.05, 0.1) is 19.8 Å². The number of nitrogens with one attached hydrogen (secondary N) is 1. The molecule has 8 nitrogen and oxygen atoms in total. The number of carbonyl (C=O) groups is 2. The Morgan fingerprint density at radius 2 is 1.84 bits per heavy atom. The Kier molecular flexibility index (Phi) is 8.66. The predicted octanol–water partition coefficient (Wildman–Crippen LogP) is 4.44. The van der Waals surface area contributed by atoms with Gasteiger partial charge in [0.25, 0.3) is 5.91 Å². The number of hydrogen-bond donors (Lipinski definition) is 2. The monoisotopic (exact) mass is 534 g/mol. The van der Waals surface area contributed by atoms with E-state index in [1.807, 2.05) is 50.2 Å². The first-order valence-electron chi connectivity index (χ1n) is 12.3. The largest absolute Gasteiger partial charge is 0.486 e. The maximum atomic E-state index is 12.7. The van der Waals surface area contributed by atoms with Crippen LogP contribution in [0.5, 0.6) is 5.75 Å². The second-order valence-corrected chi connectivity index (χ2v) is 10.0. The zero-order valence-electron chi connectivity index (χ0n) is 21.4. The van der Waals surface area contributed by atoms with Crippen LogP contribution in [0.2, 0.25) is 5.02 Å². The fourth-order valence-electron chi connectivity index (χ4n) is 3.94. The molecule has 38 heavy (non-hydrogen) atoms. The molecule has 2 amide bonds. The van der Waals surface area contributed by atoms with Crippen LogP contribution in [-0.4, -0.2) is 60.1 Å². The molecule has 1 aromatic heterocycles. The van der Waals surface area contributed by atoms with Gasteiger partial charge in [0.2, 0.25) is 5.91 Å². The number of amides is 2. The lowest BCUT2D eigenvalue weighted by atomic mass is 10.0. The molecule has 1 aliphatic heterocycles. The van der Waals surface area contributed by atoms with E-state index in [2.05, 4.69) is 10.3 Å². The van der Waals surface area contributed by atoms with Gasteiger partial charge in [-0.1, -0.05) is 23.7 Å². The predicted molar refractivity (Wildman–Crippen MR) is 149 cm³/mol. The quantitative estimate of drug-likeness (QED) is 0.414. The number of rotatable bonds is 8. The van der Waals surface area contributed by atoms with Crippen LogP contribution in [-0.2, 0) is 9.53 Å². The molecule has 1 fully saturated rings. The first-order chi connectivity index (χ1) is 18.2. The van der Waals surface area contributed by atoms with Gasteiger partial charge in [-0.15, -0.1) is 0 Å². The average molecular weight is 535 g/mol. The first kappa shape index (κ1) is 27.2. The number of pyridine rings is 1. The molecule has 3 N–H and O–H groups in total. The maximum absolute atomic E-state index is 12.7. The van der Waals surface area contributed by atoms with Gasteiger partial charge in [0.1, 0.15) is 17.2 Å². The van der Waals surface area contributed by atoms with Crippen LogP contribution in [0.1, 0.15) is 29.8 Å². The lowest BCUT2D eigenvalue weighted by molar-refractivity contribution is -0.117. The first-order valence-corrected chi connectivity index (χ1v) is 12.7. The number of carbonyl (C=O) groups excluding carboxylic acids is 2. The van der Waals surface area contributed by atoms with Gasteiger partial charge < -0.3 is 25.4 Å². The molecule has 2 aromatic carbocycles. The van der Waals surface area contributed by atoms with Crippen molar-refractivity contribution in [1.82, 2.24) is 15.2 Å². The molecule has 0 unspecified atom stereocenters. The molecule has 0 atom stereocenters. The molecule has 2 heterocycles. The number of morpholine rings is 1. The zero-order chi connectivity index (χ0) is 27.1. The standard InChI is InChI=1S/C29H31ClN4O4/c1-29(2,19-33-27(35)10-4-20-3-9-26(31)32-18-20)38-25-16-23(15-24(30)17-25)21-5-7-22(8-6-21)28(36)34-11-13-37-14-12-34/h3-10,15-18H,11-14,19H2,1-2H3,(H2,31,32)(H,33,35)/b10-4+.